The smallest absolute Gasteiger partial charge is 0.251 e. The molecule has 0 spiro atoms. The summed E-state index contributed by atoms with van der Waals surface area (Å²) in [5.41, 5.74) is 2.66. The average molecular weight is 372 g/mol. The highest BCUT2D eigenvalue weighted by molar-refractivity contribution is 5.94. The average Bonchev–Trinajstić information content (AvgIpc) is 2.69. The number of quaternary nitrogens is 1. The van der Waals surface area contributed by atoms with Gasteiger partial charge in [-0.25, -0.2) is 4.39 Å². The fourth-order valence-corrected chi connectivity index (χ4v) is 3.41. The normalized spacial score (nSPS) is 16.0. The molecule has 1 atom stereocenters. The molecular formula is C21H27FN3O2+. The van der Waals surface area contributed by atoms with Crippen molar-refractivity contribution < 1.29 is 18.8 Å². The van der Waals surface area contributed by atoms with Gasteiger partial charge >= 0.3 is 0 Å². The summed E-state index contributed by atoms with van der Waals surface area (Å²) in [5, 5.41) is 2.98. The number of carbonyl (C=O) groups is 1. The summed E-state index contributed by atoms with van der Waals surface area (Å²) in [6, 6.07) is 14.3. The molecule has 1 aliphatic heterocycles. The molecule has 0 saturated carbocycles. The predicted octanol–water partition coefficient (Wildman–Crippen LogP) is 1.28. The topological polar surface area (TPSA) is 46.0 Å². The number of nitrogens with one attached hydrogen (secondary N) is 2. The summed E-state index contributed by atoms with van der Waals surface area (Å²) in [4.78, 5) is 15.9. The summed E-state index contributed by atoms with van der Waals surface area (Å²) < 4.78 is 18.9. The second-order valence-corrected chi connectivity index (χ2v) is 7.03. The van der Waals surface area contributed by atoms with E-state index in [1.807, 2.05) is 14.1 Å². The lowest BCUT2D eigenvalue weighted by atomic mass is 10.0. The van der Waals surface area contributed by atoms with E-state index in [0.717, 1.165) is 32.0 Å². The highest BCUT2D eigenvalue weighted by Gasteiger charge is 2.27. The molecule has 1 aliphatic rings. The van der Waals surface area contributed by atoms with E-state index >= 15 is 0 Å². The summed E-state index contributed by atoms with van der Waals surface area (Å²) in [5.74, 6) is -0.658. The molecular weight excluding hydrogens is 345 g/mol. The minimum atomic E-state index is -0.405. The molecule has 27 heavy (non-hydrogen) atoms. The molecule has 0 unspecified atom stereocenters. The van der Waals surface area contributed by atoms with Crippen LogP contribution < -0.4 is 15.1 Å². The molecule has 5 nitrogen and oxygen atoms in total. The van der Waals surface area contributed by atoms with E-state index in [-0.39, 0.29) is 11.9 Å². The molecule has 0 aliphatic carbocycles. The minimum Gasteiger partial charge on any atom is -0.378 e. The van der Waals surface area contributed by atoms with E-state index < -0.39 is 5.82 Å². The van der Waals surface area contributed by atoms with Gasteiger partial charge in [-0.3, -0.25) is 4.79 Å². The first-order valence-corrected chi connectivity index (χ1v) is 9.28. The second-order valence-electron chi connectivity index (χ2n) is 7.03. The number of hydrogen-bond acceptors (Lipinski definition) is 3. The van der Waals surface area contributed by atoms with Gasteiger partial charge in [-0.05, 0) is 30.3 Å². The maximum Gasteiger partial charge on any atom is 0.251 e. The third kappa shape index (κ3) is 5.05. The SMILES string of the molecule is CN(C)c1ccc([C@H](CNC(=O)c2cccc(F)c2)[NH+]2CCOCC2)cc1. The van der Waals surface area contributed by atoms with Crippen LogP contribution in [0.25, 0.3) is 0 Å². The van der Waals surface area contributed by atoms with Crippen LogP contribution in [0, 0.1) is 5.82 Å². The van der Waals surface area contributed by atoms with Crippen molar-refractivity contribution in [3.63, 3.8) is 0 Å². The van der Waals surface area contributed by atoms with Gasteiger partial charge in [0.25, 0.3) is 5.91 Å². The quantitative estimate of drug-likeness (QED) is 0.803. The summed E-state index contributed by atoms with van der Waals surface area (Å²) in [7, 11) is 4.03. The molecule has 1 fully saturated rings. The zero-order valence-corrected chi connectivity index (χ0v) is 15.9. The van der Waals surface area contributed by atoms with E-state index in [4.69, 9.17) is 4.74 Å². The highest BCUT2D eigenvalue weighted by atomic mass is 19.1. The standard InChI is InChI=1S/C21H26FN3O2/c1-24(2)19-8-6-16(7-9-19)20(25-10-12-27-13-11-25)15-23-21(26)17-4-3-5-18(22)14-17/h3-9,14,20H,10-13,15H2,1-2H3,(H,23,26)/p+1/t20-/m0/s1. The summed E-state index contributed by atoms with van der Waals surface area (Å²) in [6.45, 7) is 3.73. The molecule has 0 radical (unpaired) electrons. The number of halogens is 1. The number of anilines is 1. The van der Waals surface area contributed by atoms with Crippen LogP contribution in [0.3, 0.4) is 0 Å². The van der Waals surface area contributed by atoms with Crippen molar-refractivity contribution >= 4 is 11.6 Å². The first-order chi connectivity index (χ1) is 13.0. The van der Waals surface area contributed by atoms with Crippen LogP contribution in [0.4, 0.5) is 10.1 Å². The number of hydrogen-bond donors (Lipinski definition) is 2. The maximum atomic E-state index is 13.4. The largest absolute Gasteiger partial charge is 0.378 e. The number of benzene rings is 2. The number of ether oxygens (including phenoxy) is 1. The fraction of sp³-hybridized carbons (Fsp3) is 0.381. The lowest BCUT2D eigenvalue weighted by molar-refractivity contribution is -0.937. The Labute approximate surface area is 159 Å². The van der Waals surface area contributed by atoms with Crippen molar-refractivity contribution in [2.45, 2.75) is 6.04 Å². The molecule has 2 aromatic rings. The Balaban J connectivity index is 1.74. The molecule has 1 amide bonds. The van der Waals surface area contributed by atoms with E-state index in [1.54, 1.807) is 12.1 Å². The molecule has 1 saturated heterocycles. The van der Waals surface area contributed by atoms with Gasteiger partial charge in [0.2, 0.25) is 0 Å². The van der Waals surface area contributed by atoms with Crippen LogP contribution in [0.2, 0.25) is 0 Å². The van der Waals surface area contributed by atoms with Crippen molar-refractivity contribution in [2.24, 2.45) is 0 Å². The van der Waals surface area contributed by atoms with Crippen molar-refractivity contribution in [3.05, 3.63) is 65.5 Å². The van der Waals surface area contributed by atoms with Gasteiger partial charge in [0.15, 0.2) is 0 Å². The van der Waals surface area contributed by atoms with Gasteiger partial charge in [0.1, 0.15) is 24.9 Å². The Morgan fingerprint density at radius 3 is 2.52 bits per heavy atom. The Morgan fingerprint density at radius 2 is 1.89 bits per heavy atom. The van der Waals surface area contributed by atoms with Crippen LogP contribution in [-0.4, -0.2) is 52.9 Å². The first-order valence-electron chi connectivity index (χ1n) is 9.28. The van der Waals surface area contributed by atoms with Crippen molar-refractivity contribution in [3.8, 4) is 0 Å². The van der Waals surface area contributed by atoms with Gasteiger partial charge in [-0.2, -0.15) is 0 Å². The zero-order chi connectivity index (χ0) is 19.2. The molecule has 6 heteroatoms. The van der Waals surface area contributed by atoms with E-state index in [9.17, 15) is 9.18 Å². The summed E-state index contributed by atoms with van der Waals surface area (Å²) >= 11 is 0. The van der Waals surface area contributed by atoms with Crippen molar-refractivity contribution in [1.82, 2.24) is 5.32 Å². The van der Waals surface area contributed by atoms with Crippen LogP contribution >= 0.6 is 0 Å². The van der Waals surface area contributed by atoms with Gasteiger partial charge in [0.05, 0.1) is 19.8 Å². The van der Waals surface area contributed by atoms with E-state index in [2.05, 4.69) is 34.5 Å². The number of rotatable bonds is 6. The van der Waals surface area contributed by atoms with Crippen molar-refractivity contribution in [2.75, 3.05) is 51.8 Å². The molecule has 3 rings (SSSR count). The second kappa shape index (κ2) is 8.97. The van der Waals surface area contributed by atoms with E-state index in [1.165, 1.54) is 22.6 Å². The molecule has 0 bridgehead atoms. The molecule has 0 aromatic heterocycles. The monoisotopic (exact) mass is 372 g/mol. The van der Waals surface area contributed by atoms with Crippen LogP contribution in [0.5, 0.6) is 0 Å². The highest BCUT2D eigenvalue weighted by Crippen LogP contribution is 2.16. The van der Waals surface area contributed by atoms with Crippen LogP contribution in [-0.2, 0) is 4.74 Å². The van der Waals surface area contributed by atoms with Crippen LogP contribution in [0.15, 0.2) is 48.5 Å². The van der Waals surface area contributed by atoms with Crippen molar-refractivity contribution in [1.29, 1.82) is 0 Å². The number of nitrogens with zero attached hydrogens (tertiary/aromatic N) is 1. The molecule has 2 N–H and O–H groups in total. The van der Waals surface area contributed by atoms with Gasteiger partial charge in [-0.15, -0.1) is 0 Å². The lowest BCUT2D eigenvalue weighted by Gasteiger charge is -2.32. The number of morpholine rings is 1. The van der Waals surface area contributed by atoms with E-state index in [0.29, 0.717) is 12.1 Å². The minimum absolute atomic E-state index is 0.127. The summed E-state index contributed by atoms with van der Waals surface area (Å²) in [6.07, 6.45) is 0. The Hall–Kier alpha value is -2.44. The van der Waals surface area contributed by atoms with Crippen LogP contribution in [0.1, 0.15) is 22.0 Å². The number of amides is 1. The molecule has 1 heterocycles. The van der Waals surface area contributed by atoms with Gasteiger partial charge in [-0.1, -0.05) is 18.2 Å². The Bertz CT molecular complexity index is 758. The Morgan fingerprint density at radius 1 is 1.19 bits per heavy atom. The molecule has 144 valence electrons. The molecule has 2 aromatic carbocycles. The van der Waals surface area contributed by atoms with Gasteiger partial charge in [0, 0.05) is 30.9 Å². The predicted molar refractivity (Wildman–Crippen MR) is 104 cm³/mol. The zero-order valence-electron chi connectivity index (χ0n) is 15.9. The third-order valence-corrected chi connectivity index (χ3v) is 4.99. The fourth-order valence-electron chi connectivity index (χ4n) is 3.41. The van der Waals surface area contributed by atoms with Gasteiger partial charge < -0.3 is 19.9 Å². The number of carbonyl (C=O) groups excluding carboxylic acids is 1. The Kier molecular flexibility index (Phi) is 6.42. The maximum absolute atomic E-state index is 13.4. The first kappa shape index (κ1) is 19.3. The third-order valence-electron chi connectivity index (χ3n) is 4.99. The lowest BCUT2D eigenvalue weighted by Crippen LogP contribution is -3.15.